The van der Waals surface area contributed by atoms with Crippen LogP contribution in [-0.2, 0) is 0 Å². The first-order chi connectivity index (χ1) is 7.18. The number of aromatic carboxylic acids is 1. The van der Waals surface area contributed by atoms with Crippen molar-refractivity contribution in [3.05, 3.63) is 36.4 Å². The van der Waals surface area contributed by atoms with Gasteiger partial charge >= 0.3 is 5.97 Å². The van der Waals surface area contributed by atoms with E-state index in [4.69, 9.17) is 5.11 Å². The van der Waals surface area contributed by atoms with E-state index >= 15 is 0 Å². The zero-order valence-corrected chi connectivity index (χ0v) is 7.53. The largest absolute Gasteiger partial charge is 0.506 e. The Hall–Kier alpha value is -2.37. The van der Waals surface area contributed by atoms with Crippen LogP contribution in [0.1, 0.15) is 10.4 Å². The zero-order chi connectivity index (χ0) is 10.8. The molecule has 2 aromatic rings. The predicted molar refractivity (Wildman–Crippen MR) is 50.0 cm³/mol. The minimum atomic E-state index is -1.08. The summed E-state index contributed by atoms with van der Waals surface area (Å²) < 4.78 is 1.49. The molecule has 76 valence electrons. The van der Waals surface area contributed by atoms with Crippen molar-refractivity contribution >= 4 is 5.97 Å². The summed E-state index contributed by atoms with van der Waals surface area (Å²) in [5.74, 6) is -1.21. The summed E-state index contributed by atoms with van der Waals surface area (Å²) in [5.41, 5.74) is 0.467. The van der Waals surface area contributed by atoms with E-state index in [9.17, 15) is 9.90 Å². The van der Waals surface area contributed by atoms with Gasteiger partial charge in [0.2, 0.25) is 0 Å². The van der Waals surface area contributed by atoms with E-state index < -0.39 is 5.97 Å². The lowest BCUT2D eigenvalue weighted by Gasteiger charge is -2.04. The molecule has 0 aliphatic heterocycles. The molecule has 0 unspecified atom stereocenters. The molecule has 6 heteroatoms. The maximum Gasteiger partial charge on any atom is 0.335 e. The van der Waals surface area contributed by atoms with Crippen molar-refractivity contribution in [1.29, 1.82) is 0 Å². The molecular formula is C9H7N3O3. The van der Waals surface area contributed by atoms with Crippen LogP contribution in [0.4, 0.5) is 0 Å². The van der Waals surface area contributed by atoms with Crippen LogP contribution in [0.5, 0.6) is 5.75 Å². The number of phenols is 1. The molecule has 0 aliphatic carbocycles. The van der Waals surface area contributed by atoms with Gasteiger partial charge in [-0.05, 0) is 18.2 Å². The molecule has 1 heterocycles. The first-order valence-corrected chi connectivity index (χ1v) is 4.10. The van der Waals surface area contributed by atoms with Crippen LogP contribution < -0.4 is 0 Å². The van der Waals surface area contributed by atoms with Gasteiger partial charge in [0.25, 0.3) is 0 Å². The number of carboxylic acid groups (broad SMARTS) is 1. The van der Waals surface area contributed by atoms with Gasteiger partial charge in [-0.3, -0.25) is 4.57 Å². The molecule has 0 atom stereocenters. The topological polar surface area (TPSA) is 88.2 Å². The van der Waals surface area contributed by atoms with Crippen molar-refractivity contribution < 1.29 is 15.0 Å². The SMILES string of the molecule is O=C(O)c1ccc(-n2cnnc2)c(O)c1. The number of aromatic hydroxyl groups is 1. The summed E-state index contributed by atoms with van der Waals surface area (Å²) in [6.45, 7) is 0. The van der Waals surface area contributed by atoms with Crippen molar-refractivity contribution in [2.75, 3.05) is 0 Å². The Balaban J connectivity index is 2.48. The van der Waals surface area contributed by atoms with Gasteiger partial charge in [-0.2, -0.15) is 0 Å². The third kappa shape index (κ3) is 1.64. The molecule has 0 saturated heterocycles. The van der Waals surface area contributed by atoms with Crippen molar-refractivity contribution in [1.82, 2.24) is 14.8 Å². The predicted octanol–water partition coefficient (Wildman–Crippen LogP) is 0.671. The number of aromatic nitrogens is 3. The molecule has 0 aliphatic rings. The highest BCUT2D eigenvalue weighted by Gasteiger charge is 2.08. The minimum Gasteiger partial charge on any atom is -0.506 e. The monoisotopic (exact) mass is 205 g/mol. The molecule has 2 rings (SSSR count). The molecule has 1 aromatic carbocycles. The summed E-state index contributed by atoms with van der Waals surface area (Å²) in [4.78, 5) is 10.6. The number of carbonyl (C=O) groups is 1. The quantitative estimate of drug-likeness (QED) is 0.752. The lowest BCUT2D eigenvalue weighted by Crippen LogP contribution is -1.98. The molecule has 15 heavy (non-hydrogen) atoms. The van der Waals surface area contributed by atoms with E-state index in [1.165, 1.54) is 35.4 Å². The molecule has 0 radical (unpaired) electrons. The maximum atomic E-state index is 10.6. The third-order valence-corrected chi connectivity index (χ3v) is 1.92. The molecule has 0 fully saturated rings. The summed E-state index contributed by atoms with van der Waals surface area (Å²) >= 11 is 0. The van der Waals surface area contributed by atoms with Gasteiger partial charge in [-0.15, -0.1) is 10.2 Å². The van der Waals surface area contributed by atoms with Crippen LogP contribution in [0.15, 0.2) is 30.9 Å². The van der Waals surface area contributed by atoms with Crippen LogP contribution in [0.25, 0.3) is 5.69 Å². The molecule has 0 bridgehead atoms. The fourth-order valence-corrected chi connectivity index (χ4v) is 1.20. The van der Waals surface area contributed by atoms with E-state index in [-0.39, 0.29) is 11.3 Å². The summed E-state index contributed by atoms with van der Waals surface area (Å²) in [6, 6.07) is 4.07. The van der Waals surface area contributed by atoms with Gasteiger partial charge in [-0.1, -0.05) is 0 Å². The van der Waals surface area contributed by atoms with Gasteiger partial charge in [0.1, 0.15) is 18.4 Å². The van der Waals surface area contributed by atoms with Crippen LogP contribution in [0, 0.1) is 0 Å². The Morgan fingerprint density at radius 2 is 1.93 bits per heavy atom. The van der Waals surface area contributed by atoms with Crippen molar-refractivity contribution in [2.24, 2.45) is 0 Å². The normalized spacial score (nSPS) is 10.1. The molecule has 0 saturated carbocycles. The van der Waals surface area contributed by atoms with Crippen LogP contribution in [-0.4, -0.2) is 30.9 Å². The number of hydrogen-bond donors (Lipinski definition) is 2. The van der Waals surface area contributed by atoms with Gasteiger partial charge in [0, 0.05) is 0 Å². The Bertz CT molecular complexity index is 493. The zero-order valence-electron chi connectivity index (χ0n) is 7.53. The maximum absolute atomic E-state index is 10.6. The lowest BCUT2D eigenvalue weighted by molar-refractivity contribution is 0.0696. The van der Waals surface area contributed by atoms with Crippen molar-refractivity contribution in [3.63, 3.8) is 0 Å². The van der Waals surface area contributed by atoms with E-state index in [1.54, 1.807) is 0 Å². The van der Waals surface area contributed by atoms with Crippen molar-refractivity contribution in [3.8, 4) is 11.4 Å². The smallest absolute Gasteiger partial charge is 0.335 e. The van der Waals surface area contributed by atoms with E-state index in [1.807, 2.05) is 0 Å². The van der Waals surface area contributed by atoms with E-state index in [0.717, 1.165) is 0 Å². The number of phenolic OH excluding ortho intramolecular Hbond substituents is 1. The highest BCUT2D eigenvalue weighted by molar-refractivity contribution is 5.88. The molecule has 1 aromatic heterocycles. The second kappa shape index (κ2) is 3.41. The number of benzene rings is 1. The average molecular weight is 205 g/mol. The van der Waals surface area contributed by atoms with Crippen molar-refractivity contribution in [2.45, 2.75) is 0 Å². The number of rotatable bonds is 2. The minimum absolute atomic E-state index is 0.0318. The first-order valence-electron chi connectivity index (χ1n) is 4.10. The number of nitrogens with zero attached hydrogens (tertiary/aromatic N) is 3. The first kappa shape index (κ1) is 9.20. The van der Waals surface area contributed by atoms with E-state index in [2.05, 4.69) is 10.2 Å². The van der Waals surface area contributed by atoms with Crippen LogP contribution >= 0.6 is 0 Å². The van der Waals surface area contributed by atoms with Gasteiger partial charge < -0.3 is 10.2 Å². The van der Waals surface area contributed by atoms with Gasteiger partial charge in [-0.25, -0.2) is 4.79 Å². The van der Waals surface area contributed by atoms with Gasteiger partial charge in [0.05, 0.1) is 11.3 Å². The summed E-state index contributed by atoms with van der Waals surface area (Å²) in [7, 11) is 0. The van der Waals surface area contributed by atoms with E-state index in [0.29, 0.717) is 5.69 Å². The highest BCUT2D eigenvalue weighted by Crippen LogP contribution is 2.22. The standard InChI is InChI=1S/C9H7N3O3/c13-8-3-6(9(14)15)1-2-7(8)12-4-10-11-5-12/h1-5,13H,(H,14,15). The summed E-state index contributed by atoms with van der Waals surface area (Å²) in [6.07, 6.45) is 2.82. The van der Waals surface area contributed by atoms with Crippen LogP contribution in [0.2, 0.25) is 0 Å². The fourth-order valence-electron chi connectivity index (χ4n) is 1.20. The molecule has 6 nitrogen and oxygen atoms in total. The van der Waals surface area contributed by atoms with Crippen LogP contribution in [0.3, 0.4) is 0 Å². The molecule has 0 amide bonds. The summed E-state index contributed by atoms with van der Waals surface area (Å²) in [5, 5.41) is 25.4. The Labute approximate surface area is 84.4 Å². The molecule has 0 spiro atoms. The number of carboxylic acids is 1. The molecular weight excluding hydrogens is 198 g/mol. The second-order valence-corrected chi connectivity index (χ2v) is 2.88. The average Bonchev–Trinajstić information content (AvgIpc) is 2.70. The number of hydrogen-bond acceptors (Lipinski definition) is 4. The Kier molecular flexibility index (Phi) is 2.09. The van der Waals surface area contributed by atoms with Gasteiger partial charge in [0.15, 0.2) is 0 Å². The molecule has 2 N–H and O–H groups in total. The Morgan fingerprint density at radius 1 is 1.27 bits per heavy atom. The fraction of sp³-hybridized carbons (Fsp3) is 0. The second-order valence-electron chi connectivity index (χ2n) is 2.88. The Morgan fingerprint density at radius 3 is 2.47 bits per heavy atom. The third-order valence-electron chi connectivity index (χ3n) is 1.92. The lowest BCUT2D eigenvalue weighted by atomic mass is 10.2. The highest BCUT2D eigenvalue weighted by atomic mass is 16.4.